The molecule has 0 bridgehead atoms. The molecule has 0 radical (unpaired) electrons. The molecule has 0 atom stereocenters. The highest BCUT2D eigenvalue weighted by atomic mass is 16.5. The highest BCUT2D eigenvalue weighted by Crippen LogP contribution is 2.24. The molecule has 0 saturated carbocycles. The lowest BCUT2D eigenvalue weighted by atomic mass is 10.2. The van der Waals surface area contributed by atoms with Crippen LogP contribution in [0.5, 0.6) is 0 Å². The molecular weight excluding hydrogens is 366 g/mol. The zero-order valence-corrected chi connectivity index (χ0v) is 16.0. The Bertz CT molecular complexity index is 1170. The summed E-state index contributed by atoms with van der Waals surface area (Å²) in [7, 11) is 1.36. The summed E-state index contributed by atoms with van der Waals surface area (Å²) in [6, 6.07) is 18.7. The van der Waals surface area contributed by atoms with Gasteiger partial charge in [0.1, 0.15) is 5.82 Å². The number of carbonyl (C=O) groups is 1. The summed E-state index contributed by atoms with van der Waals surface area (Å²) in [6.07, 6.45) is 1.76. The molecular formula is C22H19N5O2. The molecule has 0 saturated heterocycles. The second-order valence-electron chi connectivity index (χ2n) is 6.42. The summed E-state index contributed by atoms with van der Waals surface area (Å²) in [5, 5.41) is 7.53. The third kappa shape index (κ3) is 4.14. The Balaban J connectivity index is 1.58. The molecule has 4 rings (SSSR count). The van der Waals surface area contributed by atoms with Crippen molar-refractivity contribution in [3.8, 4) is 0 Å². The van der Waals surface area contributed by atoms with Gasteiger partial charge in [0, 0.05) is 29.0 Å². The van der Waals surface area contributed by atoms with Crippen LogP contribution in [0, 0.1) is 6.92 Å². The van der Waals surface area contributed by atoms with Crippen LogP contribution in [-0.2, 0) is 4.74 Å². The molecule has 7 nitrogen and oxygen atoms in total. The van der Waals surface area contributed by atoms with Crippen molar-refractivity contribution < 1.29 is 9.53 Å². The number of benzene rings is 2. The van der Waals surface area contributed by atoms with Crippen LogP contribution in [-0.4, -0.2) is 28.0 Å². The second kappa shape index (κ2) is 7.93. The Morgan fingerprint density at radius 3 is 2.55 bits per heavy atom. The molecule has 29 heavy (non-hydrogen) atoms. The number of aromatic nitrogens is 3. The minimum Gasteiger partial charge on any atom is -0.465 e. The average Bonchev–Trinajstić information content (AvgIpc) is 2.73. The summed E-state index contributed by atoms with van der Waals surface area (Å²) in [5.74, 6) is 0.737. The molecule has 0 amide bonds. The number of fused-ring (bicyclic) bond motifs is 1. The van der Waals surface area contributed by atoms with E-state index < -0.39 is 0 Å². The fraction of sp³-hybridized carbons (Fsp3) is 0.0909. The van der Waals surface area contributed by atoms with E-state index in [4.69, 9.17) is 4.74 Å². The lowest BCUT2D eigenvalue weighted by Gasteiger charge is -2.11. The maximum Gasteiger partial charge on any atom is 0.337 e. The van der Waals surface area contributed by atoms with Crippen molar-refractivity contribution in [3.63, 3.8) is 0 Å². The van der Waals surface area contributed by atoms with Crippen LogP contribution in [0.2, 0.25) is 0 Å². The predicted octanol–water partition coefficient (Wildman–Crippen LogP) is 4.61. The smallest absolute Gasteiger partial charge is 0.337 e. The van der Waals surface area contributed by atoms with Gasteiger partial charge in [0.25, 0.3) is 0 Å². The Morgan fingerprint density at radius 2 is 1.76 bits per heavy atom. The van der Waals surface area contributed by atoms with Gasteiger partial charge in [-0.1, -0.05) is 18.2 Å². The maximum absolute atomic E-state index is 11.6. The minimum atomic E-state index is -0.371. The third-order valence-corrected chi connectivity index (χ3v) is 4.31. The van der Waals surface area contributed by atoms with Gasteiger partial charge in [-0.25, -0.2) is 9.78 Å². The molecule has 2 aromatic carbocycles. The number of para-hydroxylation sites is 1. The molecule has 0 unspecified atom stereocenters. The summed E-state index contributed by atoms with van der Waals surface area (Å²) in [6.45, 7) is 1.90. The number of anilines is 4. The number of hydrogen-bond acceptors (Lipinski definition) is 7. The van der Waals surface area contributed by atoms with Crippen molar-refractivity contribution in [1.82, 2.24) is 15.0 Å². The molecule has 7 heteroatoms. The number of ether oxygens (including phenoxy) is 1. The first-order chi connectivity index (χ1) is 14.1. The van der Waals surface area contributed by atoms with Crippen LogP contribution in [0.25, 0.3) is 10.9 Å². The van der Waals surface area contributed by atoms with Gasteiger partial charge < -0.3 is 15.4 Å². The Kier molecular flexibility index (Phi) is 5.03. The van der Waals surface area contributed by atoms with E-state index in [1.165, 1.54) is 7.11 Å². The van der Waals surface area contributed by atoms with Gasteiger partial charge in [0.2, 0.25) is 5.95 Å². The number of aryl methyl sites for hydroxylation is 1. The fourth-order valence-electron chi connectivity index (χ4n) is 2.97. The fourth-order valence-corrected chi connectivity index (χ4v) is 2.97. The van der Waals surface area contributed by atoms with E-state index in [1.54, 1.807) is 30.5 Å². The van der Waals surface area contributed by atoms with Gasteiger partial charge >= 0.3 is 5.97 Å². The van der Waals surface area contributed by atoms with E-state index >= 15 is 0 Å². The Hall–Kier alpha value is -4.00. The first-order valence-electron chi connectivity index (χ1n) is 9.04. The van der Waals surface area contributed by atoms with Crippen LogP contribution >= 0.6 is 0 Å². The number of nitrogens with one attached hydrogen (secondary N) is 2. The first-order valence-corrected chi connectivity index (χ1v) is 9.04. The zero-order valence-electron chi connectivity index (χ0n) is 16.0. The molecule has 0 spiro atoms. The summed E-state index contributed by atoms with van der Waals surface area (Å²) >= 11 is 0. The van der Waals surface area contributed by atoms with Gasteiger partial charge in [-0.2, -0.15) is 4.98 Å². The summed E-state index contributed by atoms with van der Waals surface area (Å²) in [5.41, 5.74) is 3.79. The van der Waals surface area contributed by atoms with Crippen molar-refractivity contribution in [2.45, 2.75) is 6.92 Å². The quantitative estimate of drug-likeness (QED) is 0.485. The summed E-state index contributed by atoms with van der Waals surface area (Å²) < 4.78 is 4.72. The van der Waals surface area contributed by atoms with Crippen molar-refractivity contribution in [2.24, 2.45) is 0 Å². The van der Waals surface area contributed by atoms with E-state index in [0.29, 0.717) is 17.3 Å². The molecule has 2 aromatic heterocycles. The SMILES string of the molecule is COC(=O)c1ccc(Nc2cc(C)nc(Nc3cccc4cccnc34)n2)cc1. The topological polar surface area (TPSA) is 89.0 Å². The standard InChI is InChI=1S/C22H19N5O2/c1-14-13-19(25-17-10-8-16(9-11-17)21(28)29-2)27-22(24-14)26-18-7-3-5-15-6-4-12-23-20(15)18/h3-13H,1-2H3,(H2,24,25,26,27). The van der Waals surface area contributed by atoms with Gasteiger partial charge in [-0.3, -0.25) is 4.98 Å². The molecule has 0 aliphatic carbocycles. The lowest BCUT2D eigenvalue weighted by molar-refractivity contribution is 0.0601. The molecule has 2 heterocycles. The number of carbonyl (C=O) groups excluding carboxylic acids is 1. The molecule has 2 N–H and O–H groups in total. The number of rotatable bonds is 5. The second-order valence-corrected chi connectivity index (χ2v) is 6.42. The average molecular weight is 385 g/mol. The number of esters is 1. The van der Waals surface area contributed by atoms with E-state index in [0.717, 1.165) is 28.0 Å². The highest BCUT2D eigenvalue weighted by molar-refractivity contribution is 5.91. The third-order valence-electron chi connectivity index (χ3n) is 4.31. The van der Waals surface area contributed by atoms with Crippen molar-refractivity contribution in [2.75, 3.05) is 17.7 Å². The molecule has 0 aliphatic heterocycles. The van der Waals surface area contributed by atoms with E-state index in [2.05, 4.69) is 25.6 Å². The molecule has 4 aromatic rings. The molecule has 0 fully saturated rings. The van der Waals surface area contributed by atoms with Crippen molar-refractivity contribution in [1.29, 1.82) is 0 Å². The van der Waals surface area contributed by atoms with E-state index in [1.807, 2.05) is 43.3 Å². The monoisotopic (exact) mass is 385 g/mol. The van der Waals surface area contributed by atoms with Crippen LogP contribution in [0.4, 0.5) is 23.1 Å². The maximum atomic E-state index is 11.6. The first kappa shape index (κ1) is 18.4. The van der Waals surface area contributed by atoms with Gasteiger partial charge in [-0.05, 0) is 43.3 Å². The number of nitrogens with zero attached hydrogens (tertiary/aromatic N) is 3. The van der Waals surface area contributed by atoms with Crippen LogP contribution in [0.15, 0.2) is 66.9 Å². The van der Waals surface area contributed by atoms with Gasteiger partial charge in [-0.15, -0.1) is 0 Å². The van der Waals surface area contributed by atoms with Crippen molar-refractivity contribution in [3.05, 3.63) is 78.1 Å². The van der Waals surface area contributed by atoms with Crippen LogP contribution < -0.4 is 10.6 Å². The highest BCUT2D eigenvalue weighted by Gasteiger charge is 2.08. The molecule has 0 aliphatic rings. The normalized spacial score (nSPS) is 10.6. The van der Waals surface area contributed by atoms with E-state index in [-0.39, 0.29) is 5.97 Å². The Morgan fingerprint density at radius 1 is 0.966 bits per heavy atom. The minimum absolute atomic E-state index is 0.371. The van der Waals surface area contributed by atoms with Gasteiger partial charge in [0.05, 0.1) is 23.9 Å². The predicted molar refractivity (Wildman–Crippen MR) is 113 cm³/mol. The molecule has 144 valence electrons. The number of methoxy groups -OCH3 is 1. The van der Waals surface area contributed by atoms with Crippen molar-refractivity contribution >= 4 is 40.0 Å². The van der Waals surface area contributed by atoms with E-state index in [9.17, 15) is 4.79 Å². The van der Waals surface area contributed by atoms with Crippen LogP contribution in [0.3, 0.4) is 0 Å². The largest absolute Gasteiger partial charge is 0.465 e. The Labute approximate surface area is 167 Å². The zero-order chi connectivity index (χ0) is 20.2. The summed E-state index contributed by atoms with van der Waals surface area (Å²) in [4.78, 5) is 25.0. The van der Waals surface area contributed by atoms with Crippen LogP contribution in [0.1, 0.15) is 16.1 Å². The lowest BCUT2D eigenvalue weighted by Crippen LogP contribution is -2.04. The number of pyridine rings is 1. The van der Waals surface area contributed by atoms with Gasteiger partial charge in [0.15, 0.2) is 0 Å². The number of hydrogen-bond donors (Lipinski definition) is 2.